The van der Waals surface area contributed by atoms with Crippen molar-refractivity contribution in [2.45, 2.75) is 18.6 Å². The zero-order valence-electron chi connectivity index (χ0n) is 19.8. The third-order valence-electron chi connectivity index (χ3n) is 5.83. The first-order valence-electron chi connectivity index (χ1n) is 11.6. The first kappa shape index (κ1) is 25.4. The lowest BCUT2D eigenvalue weighted by atomic mass is 10.1. The molecule has 3 aromatic carbocycles. The second-order valence-electron chi connectivity index (χ2n) is 8.51. The number of aromatic nitrogens is 2. The van der Waals surface area contributed by atoms with Gasteiger partial charge in [0, 0.05) is 11.8 Å². The van der Waals surface area contributed by atoms with E-state index in [9.17, 15) is 18.0 Å². The summed E-state index contributed by atoms with van der Waals surface area (Å²) in [6.45, 7) is -0.0867. The number of aliphatic imine (C=N–C) groups is 2. The molecule has 0 aliphatic carbocycles. The Morgan fingerprint density at radius 1 is 0.974 bits per heavy atom. The lowest BCUT2D eigenvalue weighted by molar-refractivity contribution is -0.141. The van der Waals surface area contributed by atoms with E-state index in [0.717, 1.165) is 16.3 Å². The number of alkyl halides is 3. The van der Waals surface area contributed by atoms with Gasteiger partial charge in [0.15, 0.2) is 18.1 Å². The highest BCUT2D eigenvalue weighted by Crippen LogP contribution is 2.34. The minimum Gasteiger partial charge on any atom is -0.454 e. The van der Waals surface area contributed by atoms with Crippen molar-refractivity contribution in [3.63, 3.8) is 0 Å². The molecule has 1 aliphatic heterocycles. The van der Waals surface area contributed by atoms with Gasteiger partial charge in [-0.05, 0) is 42.3 Å². The number of carbonyl (C=O) groups excluding carboxylic acids is 1. The van der Waals surface area contributed by atoms with Crippen LogP contribution in [0.15, 0.2) is 94.9 Å². The third kappa shape index (κ3) is 5.68. The van der Waals surface area contributed by atoms with Crippen molar-refractivity contribution in [2.75, 3.05) is 6.61 Å². The number of ether oxygens (including phenoxy) is 1. The highest BCUT2D eigenvalue weighted by atomic mass is 35.5. The molecule has 1 aromatic heterocycles. The minimum absolute atomic E-state index is 0.0867. The molecule has 5 rings (SSSR count). The first-order chi connectivity index (χ1) is 18.3. The van der Waals surface area contributed by atoms with Crippen LogP contribution in [0.2, 0.25) is 5.02 Å². The van der Waals surface area contributed by atoms with E-state index < -0.39 is 17.8 Å². The predicted octanol–water partition coefficient (Wildman–Crippen LogP) is 6.46. The fraction of sp³-hybridized carbons (Fsp3) is 0.143. The molecule has 1 aliphatic rings. The molecule has 38 heavy (non-hydrogen) atoms. The number of benzene rings is 3. The van der Waals surface area contributed by atoms with E-state index in [0.29, 0.717) is 23.5 Å². The zero-order chi connectivity index (χ0) is 26.7. The lowest BCUT2D eigenvalue weighted by Gasteiger charge is -2.10. The Bertz CT molecular complexity index is 1510. The average Bonchev–Trinajstić information content (AvgIpc) is 3.56. The summed E-state index contributed by atoms with van der Waals surface area (Å²) in [7, 11) is 0. The number of para-hydroxylation sites is 1. The van der Waals surface area contributed by atoms with Crippen LogP contribution in [0.5, 0.6) is 0 Å². The molecule has 0 saturated carbocycles. The van der Waals surface area contributed by atoms with Crippen LogP contribution >= 0.6 is 11.6 Å². The highest BCUT2D eigenvalue weighted by molar-refractivity contribution is 6.32. The molecule has 1 atom stereocenters. The van der Waals surface area contributed by atoms with Crippen LogP contribution in [0.1, 0.15) is 21.6 Å². The molecule has 4 aromatic rings. The number of hydrogen-bond acceptors (Lipinski definition) is 5. The van der Waals surface area contributed by atoms with Gasteiger partial charge in [-0.1, -0.05) is 66.2 Å². The molecule has 0 saturated heterocycles. The molecule has 2 heterocycles. The van der Waals surface area contributed by atoms with Crippen molar-refractivity contribution >= 4 is 29.6 Å². The van der Waals surface area contributed by atoms with Crippen LogP contribution in [0.25, 0.3) is 16.9 Å². The van der Waals surface area contributed by atoms with Gasteiger partial charge in [0.05, 0.1) is 28.0 Å². The van der Waals surface area contributed by atoms with Crippen molar-refractivity contribution in [3.8, 4) is 16.9 Å². The zero-order valence-corrected chi connectivity index (χ0v) is 20.5. The summed E-state index contributed by atoms with van der Waals surface area (Å²) in [6.07, 6.45) is -2.22. The molecule has 0 amide bonds. The van der Waals surface area contributed by atoms with E-state index in [1.54, 1.807) is 30.5 Å². The van der Waals surface area contributed by atoms with Crippen molar-refractivity contribution in [1.29, 1.82) is 0 Å². The minimum atomic E-state index is -4.64. The van der Waals surface area contributed by atoms with Gasteiger partial charge >= 0.3 is 12.1 Å². The Morgan fingerprint density at radius 2 is 1.68 bits per heavy atom. The largest absolute Gasteiger partial charge is 0.454 e. The van der Waals surface area contributed by atoms with Crippen molar-refractivity contribution < 1.29 is 22.7 Å². The topological polar surface area (TPSA) is 68.8 Å². The lowest BCUT2D eigenvalue weighted by Crippen LogP contribution is -2.12. The summed E-state index contributed by atoms with van der Waals surface area (Å²) >= 11 is 6.22. The maximum absolute atomic E-state index is 13.4. The summed E-state index contributed by atoms with van der Waals surface area (Å²) in [5.74, 6) is -0.184. The normalized spacial score (nSPS) is 14.9. The van der Waals surface area contributed by atoms with Crippen LogP contribution in [0.4, 0.5) is 13.2 Å². The molecular formula is C28H20ClF3N4O2. The monoisotopic (exact) mass is 536 g/mol. The van der Waals surface area contributed by atoms with Crippen molar-refractivity contribution in [2.24, 2.45) is 9.98 Å². The summed E-state index contributed by atoms with van der Waals surface area (Å²) in [6, 6.07) is 23.2. The van der Waals surface area contributed by atoms with E-state index in [2.05, 4.69) is 15.1 Å². The number of hydrogen-bond donors (Lipinski definition) is 0. The molecule has 0 spiro atoms. The number of esters is 1. The van der Waals surface area contributed by atoms with Crippen LogP contribution in [0.3, 0.4) is 0 Å². The highest BCUT2D eigenvalue weighted by Gasteiger charge is 2.35. The Hall–Kier alpha value is -4.24. The third-order valence-corrected chi connectivity index (χ3v) is 6.15. The maximum atomic E-state index is 13.4. The molecular weight excluding hydrogens is 517 g/mol. The van der Waals surface area contributed by atoms with Crippen molar-refractivity contribution in [1.82, 2.24) is 9.78 Å². The van der Waals surface area contributed by atoms with Gasteiger partial charge in [0.1, 0.15) is 0 Å². The number of rotatable bonds is 7. The Balaban J connectivity index is 1.29. The second kappa shape index (κ2) is 10.6. The van der Waals surface area contributed by atoms with Gasteiger partial charge in [0.25, 0.3) is 0 Å². The Morgan fingerprint density at radius 3 is 2.39 bits per heavy atom. The molecule has 6 nitrogen and oxygen atoms in total. The number of halogens is 4. The van der Waals surface area contributed by atoms with E-state index >= 15 is 0 Å². The standard InChI is InChI=1S/C28H20ClF3N4O2/c29-22-8-4-5-9-23(22)36-24(15-25(35-36)28(30,31)32)19-10-12-20(13-11-19)27(37)38-17-26-33-16-21(34-26)14-18-6-2-1-3-7-18/h1-13,15-16,21H,14,17H2. The SMILES string of the molecule is O=C(OCC1=NC(Cc2ccccc2)C=N1)c1ccc(-c2cc(C(F)(F)F)nn2-c2ccccc2Cl)cc1. The van der Waals surface area contributed by atoms with Crippen molar-refractivity contribution in [3.05, 3.63) is 107 Å². The fourth-order valence-corrected chi connectivity index (χ4v) is 4.20. The summed E-state index contributed by atoms with van der Waals surface area (Å²) in [5.41, 5.74) is 1.19. The number of nitrogens with zero attached hydrogens (tertiary/aromatic N) is 4. The molecule has 0 radical (unpaired) electrons. The summed E-state index contributed by atoms with van der Waals surface area (Å²) in [5, 5.41) is 3.99. The van der Waals surface area contributed by atoms with Gasteiger partial charge in [-0.25, -0.2) is 14.5 Å². The Labute approximate surface area is 221 Å². The number of amidine groups is 1. The van der Waals surface area contributed by atoms with Gasteiger partial charge in [0.2, 0.25) is 0 Å². The predicted molar refractivity (Wildman–Crippen MR) is 139 cm³/mol. The van der Waals surface area contributed by atoms with E-state index in [4.69, 9.17) is 16.3 Å². The van der Waals surface area contributed by atoms with Gasteiger partial charge in [-0.15, -0.1) is 0 Å². The molecule has 192 valence electrons. The van der Waals surface area contributed by atoms with E-state index in [1.165, 1.54) is 24.3 Å². The summed E-state index contributed by atoms with van der Waals surface area (Å²) in [4.78, 5) is 21.3. The average molecular weight is 537 g/mol. The fourth-order valence-electron chi connectivity index (χ4n) is 3.98. The number of carbonyl (C=O) groups is 1. The molecule has 0 fully saturated rings. The second-order valence-corrected chi connectivity index (χ2v) is 8.92. The maximum Gasteiger partial charge on any atom is 0.435 e. The molecule has 0 N–H and O–H groups in total. The van der Waals surface area contributed by atoms with E-state index in [1.807, 2.05) is 30.3 Å². The first-order valence-corrected chi connectivity index (χ1v) is 12.0. The molecule has 0 bridgehead atoms. The van der Waals surface area contributed by atoms with Crippen LogP contribution < -0.4 is 0 Å². The van der Waals surface area contributed by atoms with Crippen LogP contribution in [-0.2, 0) is 17.3 Å². The molecule has 1 unspecified atom stereocenters. The van der Waals surface area contributed by atoms with Crippen LogP contribution in [0, 0.1) is 0 Å². The molecule has 10 heteroatoms. The van der Waals surface area contributed by atoms with Gasteiger partial charge in [-0.2, -0.15) is 18.3 Å². The van der Waals surface area contributed by atoms with Gasteiger partial charge in [-0.3, -0.25) is 4.99 Å². The van der Waals surface area contributed by atoms with Gasteiger partial charge < -0.3 is 4.74 Å². The summed E-state index contributed by atoms with van der Waals surface area (Å²) < 4.78 is 46.8. The smallest absolute Gasteiger partial charge is 0.435 e. The Kier molecular flexibility index (Phi) is 7.11. The van der Waals surface area contributed by atoms with E-state index in [-0.39, 0.29) is 28.9 Å². The quantitative estimate of drug-likeness (QED) is 0.254. The van der Waals surface area contributed by atoms with Crippen LogP contribution in [-0.4, -0.2) is 40.4 Å².